The molecular formula is C20H25NO. The maximum absolute atomic E-state index is 5.19. The van der Waals surface area contributed by atoms with Gasteiger partial charge in [-0.2, -0.15) is 0 Å². The maximum Gasteiger partial charge on any atom is 0.0884 e. The Labute approximate surface area is 133 Å². The summed E-state index contributed by atoms with van der Waals surface area (Å²) in [7, 11) is 1.70. The molecule has 0 spiro atoms. The van der Waals surface area contributed by atoms with Crippen molar-refractivity contribution in [2.45, 2.75) is 51.6 Å². The van der Waals surface area contributed by atoms with Crippen molar-refractivity contribution in [2.75, 3.05) is 7.11 Å². The summed E-state index contributed by atoms with van der Waals surface area (Å²) < 4.78 is 5.19. The van der Waals surface area contributed by atoms with Gasteiger partial charge in [-0.25, -0.2) is 0 Å². The van der Waals surface area contributed by atoms with Crippen molar-refractivity contribution in [3.8, 4) is 11.3 Å². The average Bonchev–Trinajstić information content (AvgIpc) is 2.64. The van der Waals surface area contributed by atoms with Crippen molar-refractivity contribution in [3.05, 3.63) is 53.2 Å². The Balaban J connectivity index is 2.06. The lowest BCUT2D eigenvalue weighted by Crippen LogP contribution is -2.17. The van der Waals surface area contributed by atoms with Crippen LogP contribution in [0.1, 0.15) is 50.9 Å². The first kappa shape index (κ1) is 15.2. The molecule has 0 radical (unpaired) electrons. The molecule has 1 aromatic carbocycles. The fraction of sp³-hybridized carbons (Fsp3) is 0.450. The minimum absolute atomic E-state index is 0.221. The van der Waals surface area contributed by atoms with Gasteiger partial charge in [0.15, 0.2) is 0 Å². The van der Waals surface area contributed by atoms with E-state index >= 15 is 0 Å². The second kappa shape index (κ2) is 5.20. The van der Waals surface area contributed by atoms with Gasteiger partial charge in [-0.1, -0.05) is 45.9 Å². The molecule has 22 heavy (non-hydrogen) atoms. The Morgan fingerprint density at radius 2 is 1.73 bits per heavy atom. The number of rotatable bonds is 3. The molecule has 116 valence electrons. The zero-order valence-corrected chi connectivity index (χ0v) is 14.2. The molecule has 2 aromatic rings. The molecular weight excluding hydrogens is 270 g/mol. The highest BCUT2D eigenvalue weighted by Crippen LogP contribution is 2.49. The lowest BCUT2D eigenvalue weighted by Gasteiger charge is -2.22. The number of hydrogen-bond acceptors (Lipinski definition) is 2. The maximum atomic E-state index is 5.19. The topological polar surface area (TPSA) is 22.1 Å². The van der Waals surface area contributed by atoms with Crippen LogP contribution in [0.5, 0.6) is 0 Å². The zero-order chi connectivity index (χ0) is 16.0. The SMILES string of the molecule is COCc1cccc(-c2ccc3c(c2)C(C)(C)CC3(C)C)n1. The average molecular weight is 295 g/mol. The molecule has 1 aromatic heterocycles. The molecule has 1 aliphatic rings. The summed E-state index contributed by atoms with van der Waals surface area (Å²) in [6.45, 7) is 9.94. The van der Waals surface area contributed by atoms with Crippen LogP contribution in [0.15, 0.2) is 36.4 Å². The Morgan fingerprint density at radius 3 is 2.45 bits per heavy atom. The highest BCUT2D eigenvalue weighted by Gasteiger charge is 2.41. The predicted octanol–water partition coefficient (Wildman–Crippen LogP) is 4.85. The molecule has 0 saturated heterocycles. The van der Waals surface area contributed by atoms with Gasteiger partial charge in [0.25, 0.3) is 0 Å². The predicted molar refractivity (Wildman–Crippen MR) is 91.1 cm³/mol. The first-order chi connectivity index (χ1) is 10.3. The van der Waals surface area contributed by atoms with Crippen molar-refractivity contribution in [1.29, 1.82) is 0 Å². The minimum Gasteiger partial charge on any atom is -0.378 e. The molecule has 3 rings (SSSR count). The van der Waals surface area contributed by atoms with E-state index in [1.54, 1.807) is 7.11 Å². The van der Waals surface area contributed by atoms with Crippen LogP contribution in [0, 0.1) is 0 Å². The van der Waals surface area contributed by atoms with Crippen LogP contribution in [-0.4, -0.2) is 12.1 Å². The molecule has 0 N–H and O–H groups in total. The van der Waals surface area contributed by atoms with Crippen LogP contribution in [-0.2, 0) is 22.2 Å². The van der Waals surface area contributed by atoms with E-state index in [0.29, 0.717) is 6.61 Å². The van der Waals surface area contributed by atoms with E-state index in [1.807, 2.05) is 6.07 Å². The van der Waals surface area contributed by atoms with Crippen LogP contribution in [0.25, 0.3) is 11.3 Å². The number of benzene rings is 1. The molecule has 0 atom stereocenters. The highest BCUT2D eigenvalue weighted by molar-refractivity contribution is 5.63. The normalized spacial score (nSPS) is 18.2. The Morgan fingerprint density at radius 1 is 1.00 bits per heavy atom. The van der Waals surface area contributed by atoms with Crippen LogP contribution < -0.4 is 0 Å². The van der Waals surface area contributed by atoms with Crippen molar-refractivity contribution in [1.82, 2.24) is 4.98 Å². The first-order valence-electron chi connectivity index (χ1n) is 7.94. The summed E-state index contributed by atoms with van der Waals surface area (Å²) in [5, 5.41) is 0. The Hall–Kier alpha value is -1.67. The lowest BCUT2D eigenvalue weighted by molar-refractivity contribution is 0.181. The van der Waals surface area contributed by atoms with Gasteiger partial charge in [-0.15, -0.1) is 0 Å². The van der Waals surface area contributed by atoms with Gasteiger partial charge < -0.3 is 4.74 Å². The number of nitrogens with zero attached hydrogens (tertiary/aromatic N) is 1. The number of methoxy groups -OCH3 is 1. The highest BCUT2D eigenvalue weighted by atomic mass is 16.5. The van der Waals surface area contributed by atoms with Gasteiger partial charge in [0, 0.05) is 12.7 Å². The molecule has 0 bridgehead atoms. The molecule has 0 amide bonds. The second-order valence-electron chi connectivity index (χ2n) is 7.65. The first-order valence-corrected chi connectivity index (χ1v) is 7.94. The number of hydrogen-bond donors (Lipinski definition) is 0. The van der Waals surface area contributed by atoms with Crippen LogP contribution in [0.4, 0.5) is 0 Å². The zero-order valence-electron chi connectivity index (χ0n) is 14.2. The van der Waals surface area contributed by atoms with Gasteiger partial charge in [-0.3, -0.25) is 4.98 Å². The van der Waals surface area contributed by atoms with Gasteiger partial charge in [0.1, 0.15) is 0 Å². The van der Waals surface area contributed by atoms with Crippen molar-refractivity contribution >= 4 is 0 Å². The third-order valence-electron chi connectivity index (χ3n) is 4.76. The largest absolute Gasteiger partial charge is 0.378 e. The monoisotopic (exact) mass is 295 g/mol. The van der Waals surface area contributed by atoms with Crippen LogP contribution in [0.2, 0.25) is 0 Å². The lowest BCUT2D eigenvalue weighted by atomic mass is 9.82. The molecule has 0 unspecified atom stereocenters. The van der Waals surface area contributed by atoms with Gasteiger partial charge >= 0.3 is 0 Å². The fourth-order valence-corrected chi connectivity index (χ4v) is 4.02. The van der Waals surface area contributed by atoms with Crippen LogP contribution >= 0.6 is 0 Å². The van der Waals surface area contributed by atoms with Crippen LogP contribution in [0.3, 0.4) is 0 Å². The summed E-state index contributed by atoms with van der Waals surface area (Å²) in [6, 6.07) is 13.0. The van der Waals surface area contributed by atoms with Crippen molar-refractivity contribution in [3.63, 3.8) is 0 Å². The van der Waals surface area contributed by atoms with E-state index in [1.165, 1.54) is 23.1 Å². The van der Waals surface area contributed by atoms with E-state index in [-0.39, 0.29) is 10.8 Å². The standard InChI is InChI=1S/C20H25NO/c1-19(2)13-20(3,4)17-11-14(9-10-16(17)19)18-8-6-7-15(21-18)12-22-5/h6-11H,12-13H2,1-5H3. The van der Waals surface area contributed by atoms with Crippen molar-refractivity contribution < 1.29 is 4.74 Å². The summed E-state index contributed by atoms with van der Waals surface area (Å²) in [5.74, 6) is 0. The summed E-state index contributed by atoms with van der Waals surface area (Å²) in [6.07, 6.45) is 1.19. The second-order valence-corrected chi connectivity index (χ2v) is 7.65. The van der Waals surface area contributed by atoms with Gasteiger partial charge in [0.2, 0.25) is 0 Å². The molecule has 0 fully saturated rings. The smallest absolute Gasteiger partial charge is 0.0884 e. The van der Waals surface area contributed by atoms with Crippen molar-refractivity contribution in [2.24, 2.45) is 0 Å². The van der Waals surface area contributed by atoms with Gasteiger partial charge in [-0.05, 0) is 46.6 Å². The molecule has 1 heterocycles. The molecule has 2 nitrogen and oxygen atoms in total. The summed E-state index contributed by atoms with van der Waals surface area (Å²) in [4.78, 5) is 4.72. The van der Waals surface area contributed by atoms with E-state index in [0.717, 1.165) is 11.4 Å². The van der Waals surface area contributed by atoms with E-state index in [2.05, 4.69) is 58.0 Å². The number of fused-ring (bicyclic) bond motifs is 1. The Bertz CT molecular complexity index is 701. The summed E-state index contributed by atoms with van der Waals surface area (Å²) >= 11 is 0. The number of ether oxygens (including phenoxy) is 1. The third kappa shape index (κ3) is 2.56. The van der Waals surface area contributed by atoms with Gasteiger partial charge in [0.05, 0.1) is 18.0 Å². The molecule has 2 heteroatoms. The van der Waals surface area contributed by atoms with E-state index in [9.17, 15) is 0 Å². The fourth-order valence-electron chi connectivity index (χ4n) is 4.02. The van der Waals surface area contributed by atoms with E-state index in [4.69, 9.17) is 9.72 Å². The Kier molecular flexibility index (Phi) is 3.60. The third-order valence-corrected chi connectivity index (χ3v) is 4.76. The summed E-state index contributed by atoms with van der Waals surface area (Å²) in [5.41, 5.74) is 6.62. The number of pyridine rings is 1. The molecule has 1 aliphatic carbocycles. The molecule has 0 aliphatic heterocycles. The van der Waals surface area contributed by atoms with E-state index < -0.39 is 0 Å². The quantitative estimate of drug-likeness (QED) is 0.807. The molecule has 0 saturated carbocycles. The number of aromatic nitrogens is 1. The minimum atomic E-state index is 0.221.